The Kier molecular flexibility index (Phi) is 4.17. The van der Waals surface area contributed by atoms with E-state index in [0.717, 1.165) is 5.82 Å². The predicted molar refractivity (Wildman–Crippen MR) is 67.8 cm³/mol. The molecule has 2 N–H and O–H groups in total. The fourth-order valence-electron chi connectivity index (χ4n) is 1.85. The zero-order chi connectivity index (χ0) is 13.0. The van der Waals surface area contributed by atoms with Crippen molar-refractivity contribution in [2.45, 2.75) is 32.0 Å². The first-order chi connectivity index (χ1) is 8.66. The highest BCUT2D eigenvalue weighted by atomic mass is 16.4. The second-order valence-electron chi connectivity index (χ2n) is 4.50. The molecule has 0 amide bonds. The second-order valence-corrected chi connectivity index (χ2v) is 4.50. The minimum absolute atomic E-state index is 0.182. The van der Waals surface area contributed by atoms with Gasteiger partial charge in [0.2, 0.25) is 0 Å². The number of hydrogen-bond acceptors (Lipinski definition) is 4. The number of aliphatic hydroxyl groups is 1. The molecule has 2 aromatic heterocycles. The average Bonchev–Trinajstić information content (AvgIpc) is 2.97. The summed E-state index contributed by atoms with van der Waals surface area (Å²) in [4.78, 5) is 4.24. The molecule has 0 saturated carbocycles. The summed E-state index contributed by atoms with van der Waals surface area (Å²) in [5, 5.41) is 13.3. The molecule has 2 rings (SSSR count). The maximum Gasteiger partial charge on any atom is 0.132 e. The van der Waals surface area contributed by atoms with E-state index in [2.05, 4.69) is 10.3 Å². The van der Waals surface area contributed by atoms with E-state index in [0.29, 0.717) is 18.7 Å². The summed E-state index contributed by atoms with van der Waals surface area (Å²) in [5.74, 6) is 1.59. The third-order valence-corrected chi connectivity index (χ3v) is 2.98. The largest absolute Gasteiger partial charge is 0.467 e. The summed E-state index contributed by atoms with van der Waals surface area (Å²) in [6, 6.07) is 3.75. The third-order valence-electron chi connectivity index (χ3n) is 2.98. The Morgan fingerprint density at radius 2 is 2.39 bits per heavy atom. The summed E-state index contributed by atoms with van der Waals surface area (Å²) in [7, 11) is 1.96. The van der Waals surface area contributed by atoms with Crippen LogP contribution in [0.25, 0.3) is 0 Å². The fourth-order valence-corrected chi connectivity index (χ4v) is 1.85. The number of furan rings is 1. The van der Waals surface area contributed by atoms with E-state index < -0.39 is 6.10 Å². The number of nitrogens with zero attached hydrogens (tertiary/aromatic N) is 2. The maximum atomic E-state index is 9.94. The Morgan fingerprint density at radius 1 is 1.56 bits per heavy atom. The lowest BCUT2D eigenvalue weighted by Crippen LogP contribution is -2.28. The Labute approximate surface area is 106 Å². The van der Waals surface area contributed by atoms with Gasteiger partial charge in [-0.05, 0) is 25.5 Å². The van der Waals surface area contributed by atoms with Gasteiger partial charge < -0.3 is 19.4 Å². The summed E-state index contributed by atoms with van der Waals surface area (Å²) in [6.45, 7) is 2.73. The smallest absolute Gasteiger partial charge is 0.132 e. The molecule has 2 heterocycles. The zero-order valence-electron chi connectivity index (χ0n) is 10.7. The van der Waals surface area contributed by atoms with Crippen molar-refractivity contribution >= 4 is 0 Å². The highest BCUT2D eigenvalue weighted by Gasteiger charge is 2.14. The van der Waals surface area contributed by atoms with Gasteiger partial charge >= 0.3 is 0 Å². The van der Waals surface area contributed by atoms with Crippen molar-refractivity contribution in [2.75, 3.05) is 0 Å². The lowest BCUT2D eigenvalue weighted by molar-refractivity contribution is 0.128. The van der Waals surface area contributed by atoms with E-state index in [1.807, 2.05) is 24.7 Å². The van der Waals surface area contributed by atoms with Gasteiger partial charge in [-0.3, -0.25) is 0 Å². The van der Waals surface area contributed by atoms with Crippen LogP contribution in [0.2, 0.25) is 0 Å². The average molecular weight is 249 g/mol. The predicted octanol–water partition coefficient (Wildman–Crippen LogP) is 1.61. The summed E-state index contributed by atoms with van der Waals surface area (Å²) in [6.07, 6.45) is 5.31. The number of aryl methyl sites for hydroxylation is 1. The van der Waals surface area contributed by atoms with Crippen LogP contribution in [0.4, 0.5) is 0 Å². The van der Waals surface area contributed by atoms with Crippen molar-refractivity contribution in [3.8, 4) is 0 Å². The molecule has 0 aliphatic carbocycles. The van der Waals surface area contributed by atoms with E-state index >= 15 is 0 Å². The van der Waals surface area contributed by atoms with Crippen molar-refractivity contribution in [2.24, 2.45) is 7.05 Å². The standard InChI is InChI=1S/C13H19N3O2/c1-10(8-11(17)12-4-3-7-18-12)15-9-13-14-5-6-16(13)2/h3-7,10-11,15,17H,8-9H2,1-2H3/t10-,11+/m1/s1. The molecular weight excluding hydrogens is 230 g/mol. The van der Waals surface area contributed by atoms with E-state index in [9.17, 15) is 5.11 Å². The van der Waals surface area contributed by atoms with Crippen molar-refractivity contribution < 1.29 is 9.52 Å². The monoisotopic (exact) mass is 249 g/mol. The number of imidazole rings is 1. The molecule has 18 heavy (non-hydrogen) atoms. The highest BCUT2D eigenvalue weighted by Crippen LogP contribution is 2.18. The molecule has 0 radical (unpaired) electrons. The molecule has 0 aromatic carbocycles. The fraction of sp³-hybridized carbons (Fsp3) is 0.462. The molecule has 2 atom stereocenters. The van der Waals surface area contributed by atoms with Gasteiger partial charge in [0.25, 0.3) is 0 Å². The first-order valence-corrected chi connectivity index (χ1v) is 6.08. The van der Waals surface area contributed by atoms with Crippen LogP contribution in [0.5, 0.6) is 0 Å². The van der Waals surface area contributed by atoms with Crippen LogP contribution in [-0.4, -0.2) is 20.7 Å². The van der Waals surface area contributed by atoms with Crippen LogP contribution < -0.4 is 5.32 Å². The molecule has 5 nitrogen and oxygen atoms in total. The van der Waals surface area contributed by atoms with Gasteiger partial charge in [0.15, 0.2) is 0 Å². The van der Waals surface area contributed by atoms with Crippen LogP contribution in [0.15, 0.2) is 35.2 Å². The summed E-state index contributed by atoms with van der Waals surface area (Å²) < 4.78 is 7.15. The van der Waals surface area contributed by atoms with Crippen LogP contribution in [0, 0.1) is 0 Å². The third kappa shape index (κ3) is 3.21. The number of rotatable bonds is 6. The number of hydrogen-bond donors (Lipinski definition) is 2. The molecular formula is C13H19N3O2. The Bertz CT molecular complexity index is 464. The quantitative estimate of drug-likeness (QED) is 0.816. The van der Waals surface area contributed by atoms with Gasteiger partial charge in [-0.25, -0.2) is 4.98 Å². The van der Waals surface area contributed by atoms with Crippen LogP contribution in [0.1, 0.15) is 31.0 Å². The summed E-state index contributed by atoms with van der Waals surface area (Å²) >= 11 is 0. The molecule has 2 aromatic rings. The van der Waals surface area contributed by atoms with Crippen molar-refractivity contribution in [1.29, 1.82) is 0 Å². The molecule has 0 aliphatic rings. The molecule has 0 fully saturated rings. The maximum absolute atomic E-state index is 9.94. The van der Waals surface area contributed by atoms with Crippen molar-refractivity contribution in [3.05, 3.63) is 42.4 Å². The number of nitrogens with one attached hydrogen (secondary N) is 1. The lowest BCUT2D eigenvalue weighted by Gasteiger charge is -2.16. The SMILES string of the molecule is C[C@H](C[C@H](O)c1ccco1)NCc1nccn1C. The second kappa shape index (κ2) is 5.84. The van der Waals surface area contributed by atoms with E-state index in [1.54, 1.807) is 24.6 Å². The molecule has 0 bridgehead atoms. The Hall–Kier alpha value is -1.59. The summed E-state index contributed by atoms with van der Waals surface area (Å²) in [5.41, 5.74) is 0. The van der Waals surface area contributed by atoms with Gasteiger partial charge in [0.05, 0.1) is 12.8 Å². The molecule has 0 spiro atoms. The topological polar surface area (TPSA) is 63.2 Å². The van der Waals surface area contributed by atoms with E-state index in [-0.39, 0.29) is 6.04 Å². The zero-order valence-corrected chi connectivity index (χ0v) is 10.7. The van der Waals surface area contributed by atoms with E-state index in [1.165, 1.54) is 0 Å². The number of aliphatic hydroxyl groups excluding tert-OH is 1. The highest BCUT2D eigenvalue weighted by molar-refractivity contribution is 5.02. The van der Waals surface area contributed by atoms with Crippen LogP contribution >= 0.6 is 0 Å². The molecule has 5 heteroatoms. The molecule has 0 saturated heterocycles. The minimum Gasteiger partial charge on any atom is -0.467 e. The van der Waals surface area contributed by atoms with Gasteiger partial charge in [-0.1, -0.05) is 0 Å². The Morgan fingerprint density at radius 3 is 3.00 bits per heavy atom. The Balaban J connectivity index is 1.79. The van der Waals surface area contributed by atoms with Gasteiger partial charge in [-0.15, -0.1) is 0 Å². The van der Waals surface area contributed by atoms with Crippen molar-refractivity contribution in [1.82, 2.24) is 14.9 Å². The van der Waals surface area contributed by atoms with Gasteiger partial charge in [-0.2, -0.15) is 0 Å². The van der Waals surface area contributed by atoms with Crippen LogP contribution in [-0.2, 0) is 13.6 Å². The molecule has 98 valence electrons. The molecule has 0 aliphatic heterocycles. The first-order valence-electron chi connectivity index (χ1n) is 6.08. The minimum atomic E-state index is -0.566. The first kappa shape index (κ1) is 12.9. The van der Waals surface area contributed by atoms with Crippen molar-refractivity contribution in [3.63, 3.8) is 0 Å². The van der Waals surface area contributed by atoms with Gasteiger partial charge in [0, 0.05) is 25.5 Å². The molecule has 0 unspecified atom stereocenters. The lowest BCUT2D eigenvalue weighted by atomic mass is 10.1. The van der Waals surface area contributed by atoms with Gasteiger partial charge in [0.1, 0.15) is 17.7 Å². The number of aromatic nitrogens is 2. The van der Waals surface area contributed by atoms with E-state index in [4.69, 9.17) is 4.42 Å². The van der Waals surface area contributed by atoms with Crippen LogP contribution in [0.3, 0.4) is 0 Å². The normalized spacial score (nSPS) is 14.6.